The average molecular weight is 226 g/mol. The molecule has 2 fully saturated rings. The number of ether oxygens (including phenoxy) is 1. The summed E-state index contributed by atoms with van der Waals surface area (Å²) < 4.78 is 5.45. The molecule has 0 aromatic rings. The summed E-state index contributed by atoms with van der Waals surface area (Å²) >= 11 is 0. The molecule has 4 heteroatoms. The molecule has 2 rings (SSSR count). The highest BCUT2D eigenvalue weighted by Gasteiger charge is 2.38. The minimum Gasteiger partial charge on any atom is -0.378 e. The summed E-state index contributed by atoms with van der Waals surface area (Å²) in [4.78, 5) is 14.1. The van der Waals surface area contributed by atoms with Crippen molar-refractivity contribution in [3.8, 4) is 0 Å². The van der Waals surface area contributed by atoms with Crippen molar-refractivity contribution in [3.63, 3.8) is 0 Å². The van der Waals surface area contributed by atoms with E-state index in [1.807, 2.05) is 18.9 Å². The van der Waals surface area contributed by atoms with Gasteiger partial charge in [-0.25, -0.2) is 0 Å². The lowest BCUT2D eigenvalue weighted by molar-refractivity contribution is -0.136. The van der Waals surface area contributed by atoms with Gasteiger partial charge >= 0.3 is 0 Å². The van der Waals surface area contributed by atoms with Crippen LogP contribution in [0.15, 0.2) is 0 Å². The Morgan fingerprint density at radius 2 is 2.25 bits per heavy atom. The quantitative estimate of drug-likeness (QED) is 0.764. The molecule has 1 aliphatic heterocycles. The number of hydrogen-bond acceptors (Lipinski definition) is 3. The Bertz CT molecular complexity index is 266. The lowest BCUT2D eigenvalue weighted by atomic mass is 10.0. The first-order valence-corrected chi connectivity index (χ1v) is 6.21. The highest BCUT2D eigenvalue weighted by atomic mass is 16.5. The van der Waals surface area contributed by atoms with Crippen molar-refractivity contribution in [3.05, 3.63) is 0 Å². The summed E-state index contributed by atoms with van der Waals surface area (Å²) in [5, 5.41) is 0. The van der Waals surface area contributed by atoms with Crippen molar-refractivity contribution < 1.29 is 9.53 Å². The molecule has 0 bridgehead atoms. The molecule has 1 aliphatic carbocycles. The van der Waals surface area contributed by atoms with E-state index in [1.165, 1.54) is 12.8 Å². The summed E-state index contributed by atoms with van der Waals surface area (Å²) in [6.07, 6.45) is 3.51. The van der Waals surface area contributed by atoms with E-state index in [0.29, 0.717) is 19.1 Å². The summed E-state index contributed by atoms with van der Waals surface area (Å²) in [6.45, 7) is 3.18. The van der Waals surface area contributed by atoms with Crippen LogP contribution in [-0.4, -0.2) is 43.2 Å². The standard InChI is InChI=1S/C12H22N2O2/c1-8-5-10(7-16-8)12(15)14(2)11(6-13)9-3-4-9/h8-11H,3-7,13H2,1-2H3. The van der Waals surface area contributed by atoms with Crippen LogP contribution in [0.2, 0.25) is 0 Å². The van der Waals surface area contributed by atoms with Gasteiger partial charge in [0, 0.05) is 19.6 Å². The molecule has 0 spiro atoms. The Hall–Kier alpha value is -0.610. The van der Waals surface area contributed by atoms with Crippen molar-refractivity contribution in [1.82, 2.24) is 4.90 Å². The van der Waals surface area contributed by atoms with Crippen LogP contribution < -0.4 is 5.73 Å². The third-order valence-electron chi connectivity index (χ3n) is 3.80. The lowest BCUT2D eigenvalue weighted by Crippen LogP contribution is -2.46. The minimum atomic E-state index is 0.0489. The summed E-state index contributed by atoms with van der Waals surface area (Å²) in [5.41, 5.74) is 5.75. The van der Waals surface area contributed by atoms with Gasteiger partial charge in [0.2, 0.25) is 5.91 Å². The van der Waals surface area contributed by atoms with Gasteiger partial charge < -0.3 is 15.4 Å². The van der Waals surface area contributed by atoms with E-state index in [1.54, 1.807) is 0 Å². The maximum atomic E-state index is 12.2. The molecule has 2 N–H and O–H groups in total. The number of hydrogen-bond donors (Lipinski definition) is 1. The van der Waals surface area contributed by atoms with Gasteiger partial charge in [0.25, 0.3) is 0 Å². The highest BCUT2D eigenvalue weighted by Crippen LogP contribution is 2.35. The number of carbonyl (C=O) groups excluding carboxylic acids is 1. The third kappa shape index (κ3) is 2.38. The summed E-state index contributed by atoms with van der Waals surface area (Å²) in [5.74, 6) is 0.901. The molecule has 2 aliphatic rings. The van der Waals surface area contributed by atoms with Crippen LogP contribution in [0.25, 0.3) is 0 Å². The van der Waals surface area contributed by atoms with E-state index in [-0.39, 0.29) is 24.0 Å². The van der Waals surface area contributed by atoms with Crippen LogP contribution in [0.3, 0.4) is 0 Å². The molecule has 0 aromatic heterocycles. The molecule has 3 atom stereocenters. The topological polar surface area (TPSA) is 55.6 Å². The fourth-order valence-electron chi connectivity index (χ4n) is 2.59. The van der Waals surface area contributed by atoms with Crippen LogP contribution in [0.5, 0.6) is 0 Å². The van der Waals surface area contributed by atoms with Crippen molar-refractivity contribution in [2.24, 2.45) is 17.6 Å². The predicted octanol–water partition coefficient (Wildman–Crippen LogP) is 0.607. The lowest BCUT2D eigenvalue weighted by Gasteiger charge is -2.29. The van der Waals surface area contributed by atoms with Crippen molar-refractivity contribution in [1.29, 1.82) is 0 Å². The van der Waals surface area contributed by atoms with E-state index in [9.17, 15) is 4.79 Å². The average Bonchev–Trinajstić information content (AvgIpc) is 3.00. The maximum absolute atomic E-state index is 12.2. The summed E-state index contributed by atoms with van der Waals surface area (Å²) in [7, 11) is 1.89. The first-order valence-electron chi connectivity index (χ1n) is 6.21. The number of rotatable bonds is 4. The highest BCUT2D eigenvalue weighted by molar-refractivity contribution is 5.79. The maximum Gasteiger partial charge on any atom is 0.228 e. The minimum absolute atomic E-state index is 0.0489. The fourth-order valence-corrected chi connectivity index (χ4v) is 2.59. The number of nitrogens with zero attached hydrogens (tertiary/aromatic N) is 1. The fraction of sp³-hybridized carbons (Fsp3) is 0.917. The molecule has 1 saturated heterocycles. The molecule has 1 amide bonds. The van der Waals surface area contributed by atoms with Crippen LogP contribution in [0, 0.1) is 11.8 Å². The van der Waals surface area contributed by atoms with Gasteiger partial charge in [-0.1, -0.05) is 0 Å². The van der Waals surface area contributed by atoms with Gasteiger partial charge in [0.05, 0.1) is 18.6 Å². The van der Waals surface area contributed by atoms with E-state index in [4.69, 9.17) is 10.5 Å². The van der Waals surface area contributed by atoms with Gasteiger partial charge in [-0.05, 0) is 32.1 Å². The smallest absolute Gasteiger partial charge is 0.228 e. The largest absolute Gasteiger partial charge is 0.378 e. The Labute approximate surface area is 97.1 Å². The van der Waals surface area contributed by atoms with Crippen molar-refractivity contribution in [2.45, 2.75) is 38.3 Å². The van der Waals surface area contributed by atoms with Crippen LogP contribution in [-0.2, 0) is 9.53 Å². The molecule has 0 radical (unpaired) electrons. The second-order valence-corrected chi connectivity index (χ2v) is 5.17. The molecule has 16 heavy (non-hydrogen) atoms. The zero-order valence-electron chi connectivity index (χ0n) is 10.2. The molecule has 0 aromatic carbocycles. The number of carbonyl (C=O) groups is 1. The van der Waals surface area contributed by atoms with Crippen LogP contribution in [0.1, 0.15) is 26.2 Å². The molecule has 1 heterocycles. The summed E-state index contributed by atoms with van der Waals surface area (Å²) in [6, 6.07) is 0.239. The van der Waals surface area contributed by atoms with E-state index in [2.05, 4.69) is 0 Å². The van der Waals surface area contributed by atoms with Gasteiger partial charge in [0.15, 0.2) is 0 Å². The van der Waals surface area contributed by atoms with Gasteiger partial charge in [0.1, 0.15) is 0 Å². The normalized spacial score (nSPS) is 31.4. The van der Waals surface area contributed by atoms with Gasteiger partial charge in [-0.2, -0.15) is 0 Å². The van der Waals surface area contributed by atoms with E-state index < -0.39 is 0 Å². The first-order chi connectivity index (χ1) is 7.63. The second kappa shape index (κ2) is 4.72. The molecular weight excluding hydrogens is 204 g/mol. The Morgan fingerprint density at radius 1 is 1.56 bits per heavy atom. The van der Waals surface area contributed by atoms with E-state index in [0.717, 1.165) is 6.42 Å². The van der Waals surface area contributed by atoms with Crippen molar-refractivity contribution in [2.75, 3.05) is 20.2 Å². The van der Waals surface area contributed by atoms with Crippen LogP contribution >= 0.6 is 0 Å². The predicted molar refractivity (Wildman–Crippen MR) is 61.9 cm³/mol. The van der Waals surface area contributed by atoms with Gasteiger partial charge in [-0.15, -0.1) is 0 Å². The molecule has 4 nitrogen and oxygen atoms in total. The molecule has 92 valence electrons. The second-order valence-electron chi connectivity index (χ2n) is 5.17. The monoisotopic (exact) mass is 226 g/mol. The molecule has 1 saturated carbocycles. The third-order valence-corrected chi connectivity index (χ3v) is 3.80. The van der Waals surface area contributed by atoms with Gasteiger partial charge in [-0.3, -0.25) is 4.79 Å². The van der Waals surface area contributed by atoms with Crippen molar-refractivity contribution >= 4 is 5.91 Å². The number of likely N-dealkylation sites (N-methyl/N-ethyl adjacent to an activating group) is 1. The van der Waals surface area contributed by atoms with E-state index >= 15 is 0 Å². The Kier molecular flexibility index (Phi) is 3.50. The Balaban J connectivity index is 1.92. The number of amides is 1. The molecule has 3 unspecified atom stereocenters. The number of nitrogens with two attached hydrogens (primary N) is 1. The SMILES string of the molecule is CC1CC(C(=O)N(C)C(CN)C2CC2)CO1. The Morgan fingerprint density at radius 3 is 2.69 bits per heavy atom. The first kappa shape index (κ1) is 11.9. The zero-order valence-corrected chi connectivity index (χ0v) is 10.2. The molecular formula is C12H22N2O2. The zero-order chi connectivity index (χ0) is 11.7. The van der Waals surface area contributed by atoms with Crippen LogP contribution in [0.4, 0.5) is 0 Å².